The fraction of sp³-hybridized carbons (Fsp3) is 0.429. The maximum Gasteiger partial charge on any atom is 0.165 e. The van der Waals surface area contributed by atoms with Gasteiger partial charge in [-0.2, -0.15) is 0 Å². The van der Waals surface area contributed by atoms with Gasteiger partial charge in [0.2, 0.25) is 0 Å². The predicted octanol–water partition coefficient (Wildman–Crippen LogP) is 7.51. The first-order valence-corrected chi connectivity index (χ1v) is 14.5. The zero-order valence-corrected chi connectivity index (χ0v) is 24.8. The average Bonchev–Trinajstić information content (AvgIpc) is 2.86. The highest BCUT2D eigenvalue weighted by Gasteiger charge is 2.46. The molecule has 216 valence electrons. The van der Waals surface area contributed by atoms with Crippen molar-refractivity contribution >= 4 is 11.6 Å². The molecule has 0 bridgehead atoms. The van der Waals surface area contributed by atoms with Crippen LogP contribution in [0.2, 0.25) is 0 Å². The van der Waals surface area contributed by atoms with Crippen molar-refractivity contribution in [2.75, 3.05) is 6.61 Å². The Morgan fingerprint density at radius 3 is 2.10 bits per heavy atom. The lowest BCUT2D eigenvalue weighted by molar-refractivity contribution is -0.119. The minimum Gasteiger partial charge on any atom is -0.490 e. The SMILES string of the molecule is C=CCc1cc(C2C3=C(CC(C)(C)CC3=O)NC3=C2C(=O)CC(C)(C)C3)cc(OCC)c1OCc1ccccc1F. The molecule has 6 heteroatoms. The van der Waals surface area contributed by atoms with Crippen molar-refractivity contribution in [3.8, 4) is 11.5 Å². The zero-order chi connectivity index (χ0) is 29.5. The Bertz CT molecular complexity index is 1430. The highest BCUT2D eigenvalue weighted by atomic mass is 19.1. The monoisotopic (exact) mass is 557 g/mol. The molecular weight excluding hydrogens is 517 g/mol. The molecule has 1 aliphatic heterocycles. The molecule has 0 fully saturated rings. The van der Waals surface area contributed by atoms with Gasteiger partial charge in [0.05, 0.1) is 6.61 Å². The van der Waals surface area contributed by atoms with Gasteiger partial charge in [-0.05, 0) is 54.7 Å². The third-order valence-electron chi connectivity index (χ3n) is 8.20. The van der Waals surface area contributed by atoms with Crippen LogP contribution in [0, 0.1) is 16.6 Å². The van der Waals surface area contributed by atoms with E-state index in [0.29, 0.717) is 54.1 Å². The van der Waals surface area contributed by atoms with Gasteiger partial charge < -0.3 is 14.8 Å². The van der Waals surface area contributed by atoms with Gasteiger partial charge in [0.15, 0.2) is 23.1 Å². The van der Waals surface area contributed by atoms with Crippen molar-refractivity contribution in [1.29, 1.82) is 0 Å². The lowest BCUT2D eigenvalue weighted by Gasteiger charge is -2.44. The molecule has 41 heavy (non-hydrogen) atoms. The Hall–Kier alpha value is -3.67. The number of rotatable bonds is 8. The van der Waals surface area contributed by atoms with Gasteiger partial charge in [0, 0.05) is 52.4 Å². The van der Waals surface area contributed by atoms with Crippen molar-refractivity contribution in [2.24, 2.45) is 10.8 Å². The molecule has 3 aliphatic rings. The van der Waals surface area contributed by atoms with Gasteiger partial charge in [-0.25, -0.2) is 4.39 Å². The van der Waals surface area contributed by atoms with E-state index >= 15 is 0 Å². The summed E-state index contributed by atoms with van der Waals surface area (Å²) in [6.45, 7) is 14.7. The highest BCUT2D eigenvalue weighted by molar-refractivity contribution is 6.06. The van der Waals surface area contributed by atoms with E-state index in [-0.39, 0.29) is 34.8 Å². The molecule has 5 rings (SSSR count). The van der Waals surface area contributed by atoms with E-state index < -0.39 is 5.92 Å². The molecule has 2 aromatic carbocycles. The number of dihydropyridines is 1. The third-order valence-corrected chi connectivity index (χ3v) is 8.20. The topological polar surface area (TPSA) is 64.6 Å². The molecule has 0 unspecified atom stereocenters. The number of hydrogen-bond acceptors (Lipinski definition) is 5. The van der Waals surface area contributed by atoms with Crippen molar-refractivity contribution < 1.29 is 23.5 Å². The third kappa shape index (κ3) is 5.74. The summed E-state index contributed by atoms with van der Waals surface area (Å²) in [5.74, 6) is 0.342. The van der Waals surface area contributed by atoms with E-state index in [1.165, 1.54) is 6.07 Å². The van der Waals surface area contributed by atoms with E-state index in [1.807, 2.05) is 19.1 Å². The van der Waals surface area contributed by atoms with E-state index in [9.17, 15) is 14.0 Å². The van der Waals surface area contributed by atoms with Crippen LogP contribution < -0.4 is 14.8 Å². The Morgan fingerprint density at radius 2 is 1.54 bits per heavy atom. The second kappa shape index (κ2) is 11.0. The second-order valence-electron chi connectivity index (χ2n) is 13.0. The Balaban J connectivity index is 1.67. The van der Waals surface area contributed by atoms with E-state index in [4.69, 9.17) is 9.47 Å². The Kier molecular flexibility index (Phi) is 7.71. The van der Waals surface area contributed by atoms with Crippen molar-refractivity contribution in [1.82, 2.24) is 5.32 Å². The quantitative estimate of drug-likeness (QED) is 0.341. The first-order valence-electron chi connectivity index (χ1n) is 14.5. The van der Waals surface area contributed by atoms with Crippen LogP contribution in [-0.2, 0) is 22.6 Å². The molecule has 0 amide bonds. The number of ketones is 2. The summed E-state index contributed by atoms with van der Waals surface area (Å²) in [6, 6.07) is 10.4. The minimum absolute atomic E-state index is 0.0370. The van der Waals surface area contributed by atoms with E-state index in [0.717, 1.165) is 35.4 Å². The van der Waals surface area contributed by atoms with Crippen LogP contribution in [0.15, 0.2) is 71.6 Å². The summed E-state index contributed by atoms with van der Waals surface area (Å²) in [5, 5.41) is 3.57. The molecule has 0 aromatic heterocycles. The van der Waals surface area contributed by atoms with E-state index in [2.05, 4.69) is 39.6 Å². The summed E-state index contributed by atoms with van der Waals surface area (Å²) >= 11 is 0. The number of ether oxygens (including phenoxy) is 2. The molecule has 1 heterocycles. The van der Waals surface area contributed by atoms with Gasteiger partial charge in [0.1, 0.15) is 12.4 Å². The standard InChI is InChI=1S/C35H40FNO4/c1-7-11-21-14-23(15-29(40-8-2)33(21)41-20-22-12-9-10-13-24(22)36)30-31-25(16-34(3,4)18-27(31)38)37-26-17-35(5,6)19-28(39)32(26)30/h7,9-10,12-15,30,37H,1,8,11,16-20H2,2-6H3. The van der Waals surface area contributed by atoms with Crippen LogP contribution in [0.4, 0.5) is 4.39 Å². The minimum atomic E-state index is -0.489. The Morgan fingerprint density at radius 1 is 0.927 bits per heavy atom. The number of carbonyl (C=O) groups is 2. The summed E-state index contributed by atoms with van der Waals surface area (Å²) in [5.41, 5.74) is 4.94. The molecule has 5 nitrogen and oxygen atoms in total. The lowest BCUT2D eigenvalue weighted by atomic mass is 9.64. The fourth-order valence-corrected chi connectivity index (χ4v) is 6.57. The molecule has 2 aliphatic carbocycles. The first-order chi connectivity index (χ1) is 19.4. The second-order valence-corrected chi connectivity index (χ2v) is 13.0. The number of benzene rings is 2. The van der Waals surface area contributed by atoms with Crippen molar-refractivity contribution in [3.63, 3.8) is 0 Å². The van der Waals surface area contributed by atoms with Crippen LogP contribution in [-0.4, -0.2) is 18.2 Å². The fourth-order valence-electron chi connectivity index (χ4n) is 6.57. The summed E-state index contributed by atoms with van der Waals surface area (Å²) in [6.07, 6.45) is 4.58. The molecular formula is C35H40FNO4. The van der Waals surface area contributed by atoms with Crippen LogP contribution in [0.25, 0.3) is 0 Å². The molecule has 1 N–H and O–H groups in total. The number of carbonyl (C=O) groups excluding carboxylic acids is 2. The molecule has 2 aromatic rings. The smallest absolute Gasteiger partial charge is 0.165 e. The predicted molar refractivity (Wildman–Crippen MR) is 158 cm³/mol. The molecule has 0 atom stereocenters. The number of nitrogens with one attached hydrogen (secondary N) is 1. The number of allylic oxidation sites excluding steroid dienone is 5. The van der Waals surface area contributed by atoms with Gasteiger partial charge in [-0.1, -0.05) is 58.0 Å². The molecule has 0 radical (unpaired) electrons. The van der Waals surface area contributed by atoms with E-state index in [1.54, 1.807) is 24.3 Å². The van der Waals surface area contributed by atoms with Gasteiger partial charge in [-0.15, -0.1) is 6.58 Å². The summed E-state index contributed by atoms with van der Waals surface area (Å²) in [7, 11) is 0. The maximum absolute atomic E-state index is 14.4. The van der Waals surface area contributed by atoms with Crippen molar-refractivity contribution in [3.05, 3.63) is 94.1 Å². The number of Topliss-reactive ketones (excluding diaryl/α,β-unsaturated/α-hetero) is 2. The van der Waals surface area contributed by atoms with Crippen LogP contribution >= 0.6 is 0 Å². The molecule has 0 saturated carbocycles. The summed E-state index contributed by atoms with van der Waals surface area (Å²) < 4.78 is 26.7. The molecule has 0 spiro atoms. The van der Waals surface area contributed by atoms with Gasteiger partial charge in [0.25, 0.3) is 0 Å². The van der Waals surface area contributed by atoms with Crippen molar-refractivity contribution in [2.45, 2.75) is 79.2 Å². The summed E-state index contributed by atoms with van der Waals surface area (Å²) in [4.78, 5) is 27.6. The normalized spacial score (nSPS) is 19.9. The average molecular weight is 558 g/mol. The first kappa shape index (κ1) is 28.8. The lowest BCUT2D eigenvalue weighted by Crippen LogP contribution is -2.42. The van der Waals surface area contributed by atoms with Crippen LogP contribution in [0.3, 0.4) is 0 Å². The number of halogens is 1. The van der Waals surface area contributed by atoms with Crippen LogP contribution in [0.1, 0.15) is 82.9 Å². The highest BCUT2D eigenvalue weighted by Crippen LogP contribution is 2.52. The largest absolute Gasteiger partial charge is 0.490 e. The number of hydrogen-bond donors (Lipinski definition) is 1. The van der Waals surface area contributed by atoms with Gasteiger partial charge >= 0.3 is 0 Å². The zero-order valence-electron chi connectivity index (χ0n) is 24.8. The maximum atomic E-state index is 14.4. The van der Waals surface area contributed by atoms with Gasteiger partial charge in [-0.3, -0.25) is 9.59 Å². The van der Waals surface area contributed by atoms with Crippen LogP contribution in [0.5, 0.6) is 11.5 Å². The molecule has 0 saturated heterocycles. The Labute approximate surface area is 242 Å².